The first-order valence-corrected chi connectivity index (χ1v) is 12.5. The summed E-state index contributed by atoms with van der Waals surface area (Å²) in [7, 11) is 0. The van der Waals surface area contributed by atoms with Crippen LogP contribution in [0.15, 0.2) is 53.5 Å². The summed E-state index contributed by atoms with van der Waals surface area (Å²) in [5.41, 5.74) is 0.334. The molecule has 0 aliphatic rings. The van der Waals surface area contributed by atoms with Crippen LogP contribution < -0.4 is 20.9 Å². The number of rotatable bonds is 12. The number of hydrogen-bond donors (Lipinski definition) is 5. The minimum Gasteiger partial charge on any atom is -0.508 e. The number of urea groups is 1. The van der Waals surface area contributed by atoms with E-state index >= 15 is 0 Å². The molecule has 0 unspecified atom stereocenters. The van der Waals surface area contributed by atoms with E-state index in [2.05, 4.69) is 10.6 Å². The summed E-state index contributed by atoms with van der Waals surface area (Å²) in [5, 5.41) is 34.7. The third kappa shape index (κ3) is 7.88. The van der Waals surface area contributed by atoms with E-state index in [1.54, 1.807) is 25.1 Å². The number of aliphatic carboxylic acids is 1. The largest absolute Gasteiger partial charge is 0.508 e. The molecule has 0 bridgehead atoms. The number of nitrogens with one attached hydrogen (secondary N) is 2. The number of aromatic hydroxyl groups is 2. The number of aromatic nitrogens is 1. The second kappa shape index (κ2) is 13.5. The van der Waals surface area contributed by atoms with Crippen molar-refractivity contribution in [2.24, 2.45) is 0 Å². The second-order valence-corrected chi connectivity index (χ2v) is 8.98. The van der Waals surface area contributed by atoms with Crippen molar-refractivity contribution in [3.8, 4) is 17.2 Å². The fourth-order valence-electron chi connectivity index (χ4n) is 3.90. The van der Waals surface area contributed by atoms with Crippen molar-refractivity contribution in [2.45, 2.75) is 32.9 Å². The van der Waals surface area contributed by atoms with Crippen molar-refractivity contribution in [3.63, 3.8) is 0 Å². The molecule has 0 radical (unpaired) electrons. The number of pyridine rings is 1. The number of carboxylic acid groups (broad SMARTS) is 1. The fraction of sp³-hybridized carbons (Fsp3) is 0.296. The Labute approximate surface area is 229 Å². The highest BCUT2D eigenvalue weighted by Crippen LogP contribution is 2.29. The number of anilines is 1. The molecule has 2 aromatic carbocycles. The number of carboxylic acids is 1. The molecule has 3 rings (SSSR count). The number of phenols is 2. The van der Waals surface area contributed by atoms with Crippen molar-refractivity contribution in [2.75, 3.05) is 25.1 Å². The van der Waals surface area contributed by atoms with Crippen LogP contribution in [-0.2, 0) is 16.1 Å². The van der Waals surface area contributed by atoms with E-state index in [9.17, 15) is 29.7 Å². The predicted molar refractivity (Wildman–Crippen MR) is 145 cm³/mol. The van der Waals surface area contributed by atoms with Gasteiger partial charge >= 0.3 is 12.0 Å². The lowest BCUT2D eigenvalue weighted by Gasteiger charge is -2.21. The molecule has 0 saturated heterocycles. The van der Waals surface area contributed by atoms with Crippen molar-refractivity contribution >= 4 is 29.3 Å². The maximum Gasteiger partial charge on any atom is 0.319 e. The number of halogens is 1. The Balaban J connectivity index is 1.96. The Hall–Kier alpha value is -4.22. The Morgan fingerprint density at radius 2 is 1.87 bits per heavy atom. The van der Waals surface area contributed by atoms with E-state index in [0.29, 0.717) is 23.3 Å². The molecule has 12 heteroatoms. The van der Waals surface area contributed by atoms with Gasteiger partial charge < -0.3 is 40.0 Å². The van der Waals surface area contributed by atoms with Crippen molar-refractivity contribution in [3.05, 3.63) is 80.7 Å². The van der Waals surface area contributed by atoms with Gasteiger partial charge in [0.2, 0.25) is 0 Å². The summed E-state index contributed by atoms with van der Waals surface area (Å²) in [6.07, 6.45) is 1.04. The van der Waals surface area contributed by atoms with Crippen LogP contribution in [0, 0.1) is 6.92 Å². The summed E-state index contributed by atoms with van der Waals surface area (Å²) >= 11 is 6.23. The number of nitrogens with zero attached hydrogens (tertiary/aromatic N) is 1. The van der Waals surface area contributed by atoms with Crippen LogP contribution in [0.5, 0.6) is 17.2 Å². The van der Waals surface area contributed by atoms with Crippen LogP contribution in [0.3, 0.4) is 0 Å². The van der Waals surface area contributed by atoms with Crippen LogP contribution in [0.2, 0.25) is 5.02 Å². The van der Waals surface area contributed by atoms with E-state index in [-0.39, 0.29) is 47.7 Å². The molecule has 1 atom stereocenters. The number of benzene rings is 2. The number of amides is 2. The number of aryl methyl sites for hydroxylation is 1. The van der Waals surface area contributed by atoms with Gasteiger partial charge in [-0.2, -0.15) is 0 Å². The lowest BCUT2D eigenvalue weighted by Crippen LogP contribution is -2.36. The lowest BCUT2D eigenvalue weighted by molar-refractivity contribution is -0.137. The Morgan fingerprint density at radius 1 is 1.13 bits per heavy atom. The molecule has 0 spiro atoms. The monoisotopic (exact) mass is 559 g/mol. The Kier molecular flexibility index (Phi) is 10.2. The van der Waals surface area contributed by atoms with E-state index in [4.69, 9.17) is 21.1 Å². The van der Waals surface area contributed by atoms with Gasteiger partial charge in [0.1, 0.15) is 18.1 Å². The first-order valence-electron chi connectivity index (χ1n) is 12.1. The zero-order chi connectivity index (χ0) is 28.5. The van der Waals surface area contributed by atoms with Crippen molar-refractivity contribution in [1.29, 1.82) is 0 Å². The smallest absolute Gasteiger partial charge is 0.319 e. The third-order valence-electron chi connectivity index (χ3n) is 5.71. The van der Waals surface area contributed by atoms with Gasteiger partial charge in [0.05, 0.1) is 25.6 Å². The number of ether oxygens (including phenoxy) is 2. The molecule has 5 N–H and O–H groups in total. The summed E-state index contributed by atoms with van der Waals surface area (Å²) in [5.74, 6) is -1.26. The highest BCUT2D eigenvalue weighted by Gasteiger charge is 2.23. The number of phenolic OH excluding ortho intramolecular Hbond substituents is 2. The van der Waals surface area contributed by atoms with Crippen LogP contribution in [-0.4, -0.2) is 51.7 Å². The van der Waals surface area contributed by atoms with Gasteiger partial charge in [-0.3, -0.25) is 9.59 Å². The van der Waals surface area contributed by atoms with E-state index in [1.807, 2.05) is 6.92 Å². The zero-order valence-electron chi connectivity index (χ0n) is 21.4. The molecule has 208 valence electrons. The molecule has 3 aromatic rings. The molecule has 39 heavy (non-hydrogen) atoms. The van der Waals surface area contributed by atoms with Crippen LogP contribution in [0.4, 0.5) is 10.5 Å². The summed E-state index contributed by atoms with van der Waals surface area (Å²) in [4.78, 5) is 38.0. The summed E-state index contributed by atoms with van der Waals surface area (Å²) in [6, 6.07) is 8.56. The topological polar surface area (TPSA) is 159 Å². The van der Waals surface area contributed by atoms with E-state index < -0.39 is 30.0 Å². The quantitative estimate of drug-likeness (QED) is 0.208. The minimum absolute atomic E-state index is 0.0916. The molecule has 0 aliphatic carbocycles. The molecule has 0 saturated carbocycles. The van der Waals surface area contributed by atoms with E-state index in [1.165, 1.54) is 35.0 Å². The summed E-state index contributed by atoms with van der Waals surface area (Å²) in [6.45, 7) is 4.24. The van der Waals surface area contributed by atoms with Gasteiger partial charge in [-0.05, 0) is 43.7 Å². The highest BCUT2D eigenvalue weighted by molar-refractivity contribution is 6.31. The SMILES string of the molecule is CCOCCOc1c(C)cn(Cc2c(O)cccc2Cl)c(=O)c1NC(=O)N[C@@H](CC(=O)O)c1cccc(O)c1. The minimum atomic E-state index is -1.18. The molecular weight excluding hydrogens is 530 g/mol. The van der Waals surface area contributed by atoms with Gasteiger partial charge in [0.25, 0.3) is 5.56 Å². The average molecular weight is 560 g/mol. The molecule has 0 fully saturated rings. The third-order valence-corrected chi connectivity index (χ3v) is 6.06. The maximum absolute atomic E-state index is 13.5. The molecule has 1 heterocycles. The second-order valence-electron chi connectivity index (χ2n) is 8.58. The first kappa shape index (κ1) is 29.3. The normalized spacial score (nSPS) is 11.6. The van der Waals surface area contributed by atoms with Gasteiger partial charge in [-0.1, -0.05) is 29.8 Å². The molecule has 11 nitrogen and oxygen atoms in total. The summed E-state index contributed by atoms with van der Waals surface area (Å²) < 4.78 is 12.4. The average Bonchev–Trinajstić information content (AvgIpc) is 2.87. The van der Waals surface area contributed by atoms with E-state index in [0.717, 1.165) is 0 Å². The maximum atomic E-state index is 13.5. The fourth-order valence-corrected chi connectivity index (χ4v) is 4.13. The van der Waals surface area contributed by atoms with Gasteiger partial charge in [-0.25, -0.2) is 4.79 Å². The Morgan fingerprint density at radius 3 is 2.54 bits per heavy atom. The van der Waals surface area contributed by atoms with Crippen LogP contribution >= 0.6 is 11.6 Å². The molecule has 1 aromatic heterocycles. The standard InChI is InChI=1S/C27H30ClN3O8/c1-3-38-10-11-39-25-16(2)14-31(15-19-20(28)8-5-9-22(19)33)26(36)24(25)30-27(37)29-21(13-23(34)35)17-6-4-7-18(32)12-17/h4-9,12,14,21,32-33H,3,10-11,13,15H2,1-2H3,(H,34,35)(H2,29,30,37)/t21-/m0/s1. The predicted octanol–water partition coefficient (Wildman–Crippen LogP) is 4.02. The highest BCUT2D eigenvalue weighted by atomic mass is 35.5. The Bertz CT molecular complexity index is 1370. The van der Waals surface area contributed by atoms with Crippen LogP contribution in [0.25, 0.3) is 0 Å². The van der Waals surface area contributed by atoms with Gasteiger partial charge in [0.15, 0.2) is 11.4 Å². The number of carbonyl (C=O) groups excluding carboxylic acids is 1. The lowest BCUT2D eigenvalue weighted by atomic mass is 10.0. The molecule has 2 amide bonds. The van der Waals surface area contributed by atoms with Crippen molar-refractivity contribution in [1.82, 2.24) is 9.88 Å². The van der Waals surface area contributed by atoms with Gasteiger partial charge in [0, 0.05) is 29.0 Å². The first-order chi connectivity index (χ1) is 18.6. The van der Waals surface area contributed by atoms with Crippen molar-refractivity contribution < 1.29 is 34.4 Å². The number of hydrogen-bond acceptors (Lipinski definition) is 7. The van der Waals surface area contributed by atoms with Crippen LogP contribution in [0.1, 0.15) is 36.1 Å². The molecular formula is C27H30ClN3O8. The zero-order valence-corrected chi connectivity index (χ0v) is 22.2. The molecule has 0 aliphatic heterocycles. The number of carbonyl (C=O) groups is 2. The van der Waals surface area contributed by atoms with Gasteiger partial charge in [-0.15, -0.1) is 0 Å².